The van der Waals surface area contributed by atoms with Crippen molar-refractivity contribution in [3.63, 3.8) is 0 Å². The molecule has 3 nitrogen and oxygen atoms in total. The van der Waals surface area contributed by atoms with Crippen LogP contribution in [0.2, 0.25) is 0 Å². The molecule has 2 aromatic rings. The molecule has 2 aromatic carbocycles. The number of fused-ring (bicyclic) bond motifs is 1. The van der Waals surface area contributed by atoms with Crippen molar-refractivity contribution in [3.05, 3.63) is 65.7 Å². The van der Waals surface area contributed by atoms with E-state index in [-0.39, 0.29) is 5.92 Å². The second-order valence-corrected chi connectivity index (χ2v) is 4.71. The van der Waals surface area contributed by atoms with Crippen molar-refractivity contribution in [2.45, 2.75) is 18.4 Å². The van der Waals surface area contributed by atoms with Crippen molar-refractivity contribution in [3.8, 4) is 5.75 Å². The highest BCUT2D eigenvalue weighted by Gasteiger charge is 2.36. The fourth-order valence-electron chi connectivity index (χ4n) is 2.57. The van der Waals surface area contributed by atoms with Crippen LogP contribution in [0.25, 0.3) is 0 Å². The summed E-state index contributed by atoms with van der Waals surface area (Å²) in [5, 5.41) is 9.37. The Hall–Kier alpha value is -2.29. The first-order valence-corrected chi connectivity index (χ1v) is 6.28. The second-order valence-electron chi connectivity index (χ2n) is 4.71. The summed E-state index contributed by atoms with van der Waals surface area (Å²) in [7, 11) is 0. The van der Waals surface area contributed by atoms with Crippen LogP contribution in [0.3, 0.4) is 0 Å². The van der Waals surface area contributed by atoms with Crippen molar-refractivity contribution >= 4 is 5.97 Å². The number of rotatable bonds is 2. The third kappa shape index (κ3) is 2.19. The molecule has 3 heteroatoms. The quantitative estimate of drug-likeness (QED) is 0.896. The summed E-state index contributed by atoms with van der Waals surface area (Å²) in [6.07, 6.45) is -0.130. The van der Waals surface area contributed by atoms with Gasteiger partial charge in [-0.2, -0.15) is 0 Å². The van der Waals surface area contributed by atoms with Gasteiger partial charge >= 0.3 is 5.97 Å². The maximum absolute atomic E-state index is 11.4. The van der Waals surface area contributed by atoms with Gasteiger partial charge < -0.3 is 9.84 Å². The molecule has 0 radical (unpaired) electrons. The molecule has 1 aliphatic heterocycles. The van der Waals surface area contributed by atoms with Crippen LogP contribution in [0, 0.1) is 0 Å². The first-order valence-electron chi connectivity index (χ1n) is 6.28. The van der Waals surface area contributed by atoms with E-state index in [4.69, 9.17) is 4.74 Å². The molecular formula is C16H14O3. The SMILES string of the molecule is O=C(O)[C@H]1Oc2ccccc2C[C@H]1c1ccccc1. The Morgan fingerprint density at radius 3 is 2.47 bits per heavy atom. The van der Waals surface area contributed by atoms with Gasteiger partial charge in [0.15, 0.2) is 0 Å². The summed E-state index contributed by atoms with van der Waals surface area (Å²) in [6, 6.07) is 17.3. The van der Waals surface area contributed by atoms with Gasteiger partial charge in [-0.3, -0.25) is 0 Å². The fraction of sp³-hybridized carbons (Fsp3) is 0.188. The third-order valence-corrected chi connectivity index (χ3v) is 3.50. The molecule has 0 fully saturated rings. The van der Waals surface area contributed by atoms with Gasteiger partial charge in [-0.25, -0.2) is 4.79 Å². The molecule has 96 valence electrons. The van der Waals surface area contributed by atoms with Crippen LogP contribution in [0.4, 0.5) is 0 Å². The summed E-state index contributed by atoms with van der Waals surface area (Å²) in [5.41, 5.74) is 2.07. The molecule has 0 aliphatic carbocycles. The minimum Gasteiger partial charge on any atom is -0.478 e. The topological polar surface area (TPSA) is 46.5 Å². The molecular weight excluding hydrogens is 240 g/mol. The van der Waals surface area contributed by atoms with E-state index >= 15 is 0 Å². The van der Waals surface area contributed by atoms with E-state index in [1.54, 1.807) is 0 Å². The largest absolute Gasteiger partial charge is 0.478 e. The first-order chi connectivity index (χ1) is 9.25. The monoisotopic (exact) mass is 254 g/mol. The van der Waals surface area contributed by atoms with Crippen molar-refractivity contribution in [2.75, 3.05) is 0 Å². The molecule has 0 unspecified atom stereocenters. The molecule has 0 saturated carbocycles. The lowest BCUT2D eigenvalue weighted by atomic mass is 9.85. The zero-order valence-corrected chi connectivity index (χ0v) is 10.3. The van der Waals surface area contributed by atoms with Crippen LogP contribution >= 0.6 is 0 Å². The number of carboxylic acid groups (broad SMARTS) is 1. The third-order valence-electron chi connectivity index (χ3n) is 3.50. The number of carboxylic acids is 1. The summed E-state index contributed by atoms with van der Waals surface area (Å²) in [6.45, 7) is 0. The summed E-state index contributed by atoms with van der Waals surface area (Å²) in [5.74, 6) is -0.376. The Labute approximate surface area is 111 Å². The number of carbonyl (C=O) groups is 1. The minimum atomic E-state index is -0.914. The predicted octanol–water partition coefficient (Wildman–Crippen LogP) is 2.86. The van der Waals surface area contributed by atoms with Gasteiger partial charge in [0.05, 0.1) is 0 Å². The lowest BCUT2D eigenvalue weighted by Crippen LogP contribution is -2.38. The van der Waals surface area contributed by atoms with E-state index in [0.29, 0.717) is 12.2 Å². The average Bonchev–Trinajstić information content (AvgIpc) is 2.46. The number of ether oxygens (including phenoxy) is 1. The van der Waals surface area contributed by atoms with Gasteiger partial charge in [-0.1, -0.05) is 48.5 Å². The van der Waals surface area contributed by atoms with Crippen LogP contribution in [-0.4, -0.2) is 17.2 Å². The van der Waals surface area contributed by atoms with E-state index in [1.807, 2.05) is 54.6 Å². The molecule has 0 aromatic heterocycles. The first kappa shape index (κ1) is 11.8. The molecule has 2 atom stereocenters. The predicted molar refractivity (Wildman–Crippen MR) is 71.4 cm³/mol. The Bertz CT molecular complexity index is 592. The average molecular weight is 254 g/mol. The van der Waals surface area contributed by atoms with E-state index < -0.39 is 12.1 Å². The van der Waals surface area contributed by atoms with Crippen LogP contribution in [0.1, 0.15) is 17.0 Å². The van der Waals surface area contributed by atoms with E-state index in [2.05, 4.69) is 0 Å². The zero-order valence-electron chi connectivity index (χ0n) is 10.3. The van der Waals surface area contributed by atoms with Crippen LogP contribution in [-0.2, 0) is 11.2 Å². The summed E-state index contributed by atoms with van der Waals surface area (Å²) >= 11 is 0. The molecule has 3 rings (SSSR count). The van der Waals surface area contributed by atoms with Crippen molar-refractivity contribution in [1.29, 1.82) is 0 Å². The summed E-state index contributed by atoms with van der Waals surface area (Å²) in [4.78, 5) is 11.4. The maximum atomic E-state index is 11.4. The normalized spacial score (nSPS) is 21.3. The van der Waals surface area contributed by atoms with Crippen LogP contribution in [0.5, 0.6) is 5.75 Å². The van der Waals surface area contributed by atoms with Crippen molar-refractivity contribution in [2.24, 2.45) is 0 Å². The minimum absolute atomic E-state index is 0.145. The van der Waals surface area contributed by atoms with Gasteiger partial charge in [0.2, 0.25) is 6.10 Å². The number of hydrogen-bond donors (Lipinski definition) is 1. The number of aliphatic carboxylic acids is 1. The molecule has 19 heavy (non-hydrogen) atoms. The lowest BCUT2D eigenvalue weighted by molar-refractivity contribution is -0.146. The molecule has 0 saturated heterocycles. The van der Waals surface area contributed by atoms with Crippen LogP contribution in [0.15, 0.2) is 54.6 Å². The lowest BCUT2D eigenvalue weighted by Gasteiger charge is -2.31. The van der Waals surface area contributed by atoms with Gasteiger partial charge in [0.25, 0.3) is 0 Å². The van der Waals surface area contributed by atoms with Crippen molar-refractivity contribution < 1.29 is 14.6 Å². The number of para-hydroxylation sites is 1. The number of hydrogen-bond acceptors (Lipinski definition) is 2. The van der Waals surface area contributed by atoms with E-state index in [1.165, 1.54) is 0 Å². The highest BCUT2D eigenvalue weighted by atomic mass is 16.5. The zero-order chi connectivity index (χ0) is 13.2. The highest BCUT2D eigenvalue weighted by Crippen LogP contribution is 2.36. The Morgan fingerprint density at radius 1 is 1.05 bits per heavy atom. The molecule has 0 bridgehead atoms. The van der Waals surface area contributed by atoms with Gasteiger partial charge in [-0.05, 0) is 23.6 Å². The fourth-order valence-corrected chi connectivity index (χ4v) is 2.57. The Kier molecular flexibility index (Phi) is 2.95. The second kappa shape index (κ2) is 4.76. The molecule has 1 N–H and O–H groups in total. The van der Waals surface area contributed by atoms with Gasteiger partial charge in [-0.15, -0.1) is 0 Å². The summed E-state index contributed by atoms with van der Waals surface area (Å²) < 4.78 is 5.66. The highest BCUT2D eigenvalue weighted by molar-refractivity contribution is 5.75. The van der Waals surface area contributed by atoms with E-state index in [9.17, 15) is 9.90 Å². The maximum Gasteiger partial charge on any atom is 0.345 e. The van der Waals surface area contributed by atoms with E-state index in [0.717, 1.165) is 11.1 Å². The molecule has 0 amide bonds. The Morgan fingerprint density at radius 2 is 1.74 bits per heavy atom. The van der Waals surface area contributed by atoms with Gasteiger partial charge in [0, 0.05) is 5.92 Å². The van der Waals surface area contributed by atoms with Crippen molar-refractivity contribution in [1.82, 2.24) is 0 Å². The molecule has 0 spiro atoms. The molecule has 1 heterocycles. The Balaban J connectivity index is 2.01. The van der Waals surface area contributed by atoms with Gasteiger partial charge in [0.1, 0.15) is 5.75 Å². The number of benzene rings is 2. The standard InChI is InChI=1S/C16H14O3/c17-16(18)15-13(11-6-2-1-3-7-11)10-12-8-4-5-9-14(12)19-15/h1-9,13,15H,10H2,(H,17,18)/t13-,15-/m0/s1. The molecule has 1 aliphatic rings. The van der Waals surface area contributed by atoms with Crippen LogP contribution < -0.4 is 4.74 Å². The smallest absolute Gasteiger partial charge is 0.345 e.